The number of rotatable bonds is 60. The highest BCUT2D eigenvalue weighted by molar-refractivity contribution is 4.56. The molecule has 0 aliphatic carbocycles. The third kappa shape index (κ3) is 62.0. The van der Waals surface area contributed by atoms with E-state index in [2.05, 4.69) is 20.8 Å². The van der Waals surface area contributed by atoms with E-state index in [4.69, 9.17) is 0 Å². The maximum absolute atomic E-state index is 2.36. The SMILES string of the molecule is CCCCCCCCCCCCCCCCCCCCCCCCCCCCCCCCCCCCCCCCCCCCCCCCCCCCCCCCCCCCCC(C)C. The Hall–Kier alpha value is 0. The van der Waals surface area contributed by atoms with Crippen LogP contribution >= 0.6 is 0 Å². The van der Waals surface area contributed by atoms with Crippen molar-refractivity contribution in [1.29, 1.82) is 0 Å². The first-order chi connectivity index (χ1) is 31.8. The molecule has 64 heavy (non-hydrogen) atoms. The fourth-order valence-electron chi connectivity index (χ4n) is 10.7. The van der Waals surface area contributed by atoms with E-state index in [1.807, 2.05) is 0 Å². The first-order valence-corrected chi connectivity index (χ1v) is 31.8. The van der Waals surface area contributed by atoms with Gasteiger partial charge in [-0.1, -0.05) is 406 Å². The minimum Gasteiger partial charge on any atom is -0.0654 e. The van der Waals surface area contributed by atoms with Gasteiger partial charge in [-0.15, -0.1) is 0 Å². The summed E-state index contributed by atoms with van der Waals surface area (Å²) < 4.78 is 0. The van der Waals surface area contributed by atoms with Crippen molar-refractivity contribution in [2.45, 2.75) is 406 Å². The van der Waals surface area contributed by atoms with Gasteiger partial charge in [0.25, 0.3) is 0 Å². The van der Waals surface area contributed by atoms with Crippen LogP contribution in [0.3, 0.4) is 0 Å². The first kappa shape index (κ1) is 64.0. The van der Waals surface area contributed by atoms with Gasteiger partial charge in [0, 0.05) is 0 Å². The molecule has 386 valence electrons. The molecule has 0 heteroatoms. The van der Waals surface area contributed by atoms with Gasteiger partial charge in [-0.05, 0) is 5.92 Å². The lowest BCUT2D eigenvalue weighted by atomic mass is 10.0. The summed E-state index contributed by atoms with van der Waals surface area (Å²) in [5, 5.41) is 0. The molecule has 0 saturated heterocycles. The van der Waals surface area contributed by atoms with E-state index in [0.717, 1.165) is 5.92 Å². The zero-order chi connectivity index (χ0) is 46.0. The second-order valence-corrected chi connectivity index (χ2v) is 22.7. The fourth-order valence-corrected chi connectivity index (χ4v) is 10.7. The lowest BCUT2D eigenvalue weighted by molar-refractivity contribution is 0.500. The van der Waals surface area contributed by atoms with Crippen molar-refractivity contribution in [1.82, 2.24) is 0 Å². The normalized spacial score (nSPS) is 11.8. The van der Waals surface area contributed by atoms with Gasteiger partial charge < -0.3 is 0 Å². The molecule has 0 rings (SSSR count). The maximum Gasteiger partial charge on any atom is -0.0471 e. The summed E-state index contributed by atoms with van der Waals surface area (Å²) in [6, 6.07) is 0. The molecule has 0 bridgehead atoms. The smallest absolute Gasteiger partial charge is 0.0471 e. The van der Waals surface area contributed by atoms with Crippen molar-refractivity contribution < 1.29 is 0 Å². The van der Waals surface area contributed by atoms with Crippen LogP contribution in [0.25, 0.3) is 0 Å². The average Bonchev–Trinajstić information content (AvgIpc) is 3.29. The molecule has 0 N–H and O–H groups in total. The van der Waals surface area contributed by atoms with E-state index >= 15 is 0 Å². The van der Waals surface area contributed by atoms with E-state index in [0.29, 0.717) is 0 Å². The Morgan fingerprint density at radius 3 is 0.328 bits per heavy atom. The van der Waals surface area contributed by atoms with Crippen molar-refractivity contribution in [2.75, 3.05) is 0 Å². The summed E-state index contributed by atoms with van der Waals surface area (Å²) in [6.45, 7) is 7.03. The molecule has 0 nitrogen and oxygen atoms in total. The quantitative estimate of drug-likeness (QED) is 0.0534. The second kappa shape index (κ2) is 61.0. The minimum absolute atomic E-state index is 0.895. The Morgan fingerprint density at radius 1 is 0.141 bits per heavy atom. The molecular formula is C64H130. The highest BCUT2D eigenvalue weighted by atomic mass is 14.1. The molecule has 0 atom stereocenters. The molecule has 0 radical (unpaired) electrons. The van der Waals surface area contributed by atoms with Crippen LogP contribution in [0.5, 0.6) is 0 Å². The highest BCUT2D eigenvalue weighted by Gasteiger charge is 2.00. The van der Waals surface area contributed by atoms with Crippen molar-refractivity contribution in [3.63, 3.8) is 0 Å². The van der Waals surface area contributed by atoms with Gasteiger partial charge in [0.05, 0.1) is 0 Å². The molecule has 0 aliphatic rings. The molecule has 0 aromatic rings. The highest BCUT2D eigenvalue weighted by Crippen LogP contribution is 2.20. The second-order valence-electron chi connectivity index (χ2n) is 22.7. The van der Waals surface area contributed by atoms with Crippen LogP contribution in [0.1, 0.15) is 406 Å². The molecular weight excluding hydrogens is 769 g/mol. The average molecular weight is 900 g/mol. The summed E-state index contributed by atoms with van der Waals surface area (Å²) in [6.07, 6.45) is 89.4. The molecule has 0 unspecified atom stereocenters. The topological polar surface area (TPSA) is 0 Å². The van der Waals surface area contributed by atoms with E-state index in [1.54, 1.807) is 0 Å². The van der Waals surface area contributed by atoms with Gasteiger partial charge in [-0.2, -0.15) is 0 Å². The van der Waals surface area contributed by atoms with Crippen LogP contribution in [0.15, 0.2) is 0 Å². The summed E-state index contributed by atoms with van der Waals surface area (Å²) in [5.41, 5.74) is 0. The minimum atomic E-state index is 0.895. The van der Waals surface area contributed by atoms with Crippen LogP contribution < -0.4 is 0 Å². The third-order valence-corrected chi connectivity index (χ3v) is 15.4. The van der Waals surface area contributed by atoms with Crippen LogP contribution in [-0.2, 0) is 0 Å². The van der Waals surface area contributed by atoms with Crippen LogP contribution in [0, 0.1) is 5.92 Å². The number of unbranched alkanes of at least 4 members (excludes halogenated alkanes) is 58. The van der Waals surface area contributed by atoms with Crippen molar-refractivity contribution in [3.8, 4) is 0 Å². The summed E-state index contributed by atoms with van der Waals surface area (Å²) in [4.78, 5) is 0. The Balaban J connectivity index is 3.07. The molecule has 0 fully saturated rings. The number of hydrogen-bond donors (Lipinski definition) is 0. The van der Waals surface area contributed by atoms with Crippen LogP contribution in [-0.4, -0.2) is 0 Å². The summed E-state index contributed by atoms with van der Waals surface area (Å²) >= 11 is 0. The summed E-state index contributed by atoms with van der Waals surface area (Å²) in [5.74, 6) is 0.895. The predicted octanol–water partition coefficient (Wildman–Crippen LogP) is 25.1. The zero-order valence-corrected chi connectivity index (χ0v) is 46.0. The summed E-state index contributed by atoms with van der Waals surface area (Å²) in [7, 11) is 0. The third-order valence-electron chi connectivity index (χ3n) is 15.4. The molecule has 0 aromatic carbocycles. The molecule has 0 heterocycles. The van der Waals surface area contributed by atoms with E-state index in [-0.39, 0.29) is 0 Å². The largest absolute Gasteiger partial charge is 0.0654 e. The lowest BCUT2D eigenvalue weighted by Gasteiger charge is -2.05. The van der Waals surface area contributed by atoms with Gasteiger partial charge in [0.15, 0.2) is 0 Å². The zero-order valence-electron chi connectivity index (χ0n) is 46.0. The predicted molar refractivity (Wildman–Crippen MR) is 298 cm³/mol. The Morgan fingerprint density at radius 2 is 0.234 bits per heavy atom. The van der Waals surface area contributed by atoms with Crippen LogP contribution in [0.4, 0.5) is 0 Å². The first-order valence-electron chi connectivity index (χ1n) is 31.8. The Labute approximate surface area is 410 Å². The maximum atomic E-state index is 2.36. The van der Waals surface area contributed by atoms with E-state index < -0.39 is 0 Å². The Kier molecular flexibility index (Phi) is 61.0. The van der Waals surface area contributed by atoms with E-state index in [1.165, 1.54) is 385 Å². The number of hydrogen-bond acceptors (Lipinski definition) is 0. The molecule has 0 aliphatic heterocycles. The molecule has 0 aromatic heterocycles. The molecule has 0 spiro atoms. The van der Waals surface area contributed by atoms with Gasteiger partial charge in [0.2, 0.25) is 0 Å². The van der Waals surface area contributed by atoms with Crippen LogP contribution in [0.2, 0.25) is 0 Å². The van der Waals surface area contributed by atoms with Crippen molar-refractivity contribution in [3.05, 3.63) is 0 Å². The monoisotopic (exact) mass is 899 g/mol. The fraction of sp³-hybridized carbons (Fsp3) is 1.00. The van der Waals surface area contributed by atoms with Gasteiger partial charge >= 0.3 is 0 Å². The van der Waals surface area contributed by atoms with Crippen molar-refractivity contribution >= 4 is 0 Å². The van der Waals surface area contributed by atoms with Gasteiger partial charge in [0.1, 0.15) is 0 Å². The molecule has 0 saturated carbocycles. The van der Waals surface area contributed by atoms with Crippen molar-refractivity contribution in [2.24, 2.45) is 5.92 Å². The van der Waals surface area contributed by atoms with Gasteiger partial charge in [-0.25, -0.2) is 0 Å². The lowest BCUT2D eigenvalue weighted by Crippen LogP contribution is -1.87. The van der Waals surface area contributed by atoms with Gasteiger partial charge in [-0.3, -0.25) is 0 Å². The Bertz CT molecular complexity index is 751. The van der Waals surface area contributed by atoms with E-state index in [9.17, 15) is 0 Å². The molecule has 0 amide bonds. The standard InChI is InChI=1S/C64H130/c1-4-5-6-7-8-9-10-11-12-13-14-15-16-17-18-19-20-21-22-23-24-25-26-27-28-29-30-31-32-33-34-35-36-37-38-39-40-41-42-43-44-45-46-47-48-49-50-51-52-53-54-55-56-57-58-59-60-61-62-63-64(2)3/h64H,4-63H2,1-3H3.